The number of carbonyl (C=O) groups excluding carboxylic acids is 2. The lowest BCUT2D eigenvalue weighted by Crippen LogP contribution is -2.15. The Morgan fingerprint density at radius 3 is 2.48 bits per heavy atom. The molecule has 1 aliphatic rings. The van der Waals surface area contributed by atoms with Gasteiger partial charge in [-0.1, -0.05) is 11.6 Å². The third-order valence-corrected chi connectivity index (χ3v) is 3.22. The van der Waals surface area contributed by atoms with Crippen LogP contribution in [0.1, 0.15) is 32.6 Å². The van der Waals surface area contributed by atoms with Crippen molar-refractivity contribution in [2.45, 2.75) is 38.7 Å². The van der Waals surface area contributed by atoms with E-state index < -0.39 is 11.8 Å². The summed E-state index contributed by atoms with van der Waals surface area (Å²) >= 11 is 5.90. The number of carbonyl (C=O) groups is 2. The van der Waals surface area contributed by atoms with Crippen LogP contribution < -0.4 is 0 Å². The van der Waals surface area contributed by atoms with E-state index in [1.54, 1.807) is 6.92 Å². The Hall–Kier alpha value is -1.62. The van der Waals surface area contributed by atoms with E-state index in [0.717, 1.165) is 37.8 Å². The molecule has 0 bridgehead atoms. The lowest BCUT2D eigenvalue weighted by atomic mass is 10.3. The molecule has 1 fully saturated rings. The van der Waals surface area contributed by atoms with Crippen LogP contribution in [-0.2, 0) is 19.1 Å². The van der Waals surface area contributed by atoms with Crippen molar-refractivity contribution < 1.29 is 23.5 Å². The molecule has 0 atom stereocenters. The molecule has 116 valence electrons. The van der Waals surface area contributed by atoms with Crippen molar-refractivity contribution >= 4 is 23.4 Å². The summed E-state index contributed by atoms with van der Waals surface area (Å²) in [5, 5.41) is 0.0253. The predicted octanol–water partition coefficient (Wildman–Crippen LogP) is 3.57. The van der Waals surface area contributed by atoms with Gasteiger partial charge in [0, 0.05) is 0 Å². The maximum absolute atomic E-state index is 12.2. The summed E-state index contributed by atoms with van der Waals surface area (Å²) in [5.41, 5.74) is 0. The highest BCUT2D eigenvalue weighted by Crippen LogP contribution is 2.26. The van der Waals surface area contributed by atoms with Gasteiger partial charge in [0.25, 0.3) is 5.78 Å². The minimum absolute atomic E-state index is 0.0101. The van der Waals surface area contributed by atoms with Crippen LogP contribution in [0.4, 0.5) is 4.39 Å². The zero-order valence-electron chi connectivity index (χ0n) is 11.8. The Bertz CT molecular complexity index is 462. The number of hydrogen-bond donors (Lipinski definition) is 0. The Labute approximate surface area is 128 Å². The normalized spacial score (nSPS) is 17.3. The molecular weight excluding hydrogens is 299 g/mol. The second kappa shape index (κ2) is 9.34. The summed E-state index contributed by atoms with van der Waals surface area (Å²) in [6.45, 7) is 1.72. The van der Waals surface area contributed by atoms with Gasteiger partial charge in [0.1, 0.15) is 5.76 Å². The maximum atomic E-state index is 12.2. The lowest BCUT2D eigenvalue weighted by molar-refractivity contribution is -0.151. The predicted molar refractivity (Wildman–Crippen MR) is 77.2 cm³/mol. The van der Waals surface area contributed by atoms with E-state index in [1.807, 2.05) is 0 Å². The van der Waals surface area contributed by atoms with Crippen molar-refractivity contribution in [3.8, 4) is 0 Å². The topological polar surface area (TPSA) is 52.6 Å². The van der Waals surface area contributed by atoms with Crippen LogP contribution in [0.15, 0.2) is 35.3 Å². The van der Waals surface area contributed by atoms with Gasteiger partial charge >= 0.3 is 5.97 Å². The van der Waals surface area contributed by atoms with E-state index in [2.05, 4.69) is 4.74 Å². The van der Waals surface area contributed by atoms with Gasteiger partial charge in [-0.2, -0.15) is 0 Å². The third kappa shape index (κ3) is 6.12. The van der Waals surface area contributed by atoms with E-state index >= 15 is 0 Å². The Morgan fingerprint density at radius 2 is 1.90 bits per heavy atom. The summed E-state index contributed by atoms with van der Waals surface area (Å²) < 4.78 is 22.5. The van der Waals surface area contributed by atoms with Crippen LogP contribution in [0.3, 0.4) is 0 Å². The summed E-state index contributed by atoms with van der Waals surface area (Å²) in [5.74, 6) is -1.61. The molecule has 0 aromatic heterocycles. The molecule has 0 aromatic carbocycles. The minimum Gasteiger partial charge on any atom is -0.489 e. The highest BCUT2D eigenvalue weighted by Gasteiger charge is 2.18. The number of esters is 1. The second-order valence-corrected chi connectivity index (χ2v) is 4.85. The first-order valence-corrected chi connectivity index (χ1v) is 7.18. The fourth-order valence-electron chi connectivity index (χ4n) is 1.92. The van der Waals surface area contributed by atoms with Crippen LogP contribution in [0, 0.1) is 0 Å². The number of allylic oxidation sites excluding steroid dienone is 3. The average molecular weight is 317 g/mol. The van der Waals surface area contributed by atoms with Crippen molar-refractivity contribution in [3.05, 3.63) is 35.3 Å². The molecule has 1 rings (SSSR count). The molecule has 1 saturated carbocycles. The van der Waals surface area contributed by atoms with Crippen LogP contribution in [-0.4, -0.2) is 24.5 Å². The van der Waals surface area contributed by atoms with Crippen LogP contribution in [0.5, 0.6) is 0 Å². The number of hydrogen-bond acceptors (Lipinski definition) is 4. The maximum Gasteiger partial charge on any atom is 0.379 e. The highest BCUT2D eigenvalue weighted by molar-refractivity contribution is 6.38. The van der Waals surface area contributed by atoms with Gasteiger partial charge in [0.15, 0.2) is 0 Å². The molecule has 0 heterocycles. The smallest absolute Gasteiger partial charge is 0.379 e. The fraction of sp³-hybridized carbons (Fsp3) is 0.467. The highest BCUT2D eigenvalue weighted by atomic mass is 35.5. The van der Waals surface area contributed by atoms with Gasteiger partial charge in [0.2, 0.25) is 0 Å². The number of ether oxygens (including phenoxy) is 2. The van der Waals surface area contributed by atoms with Crippen molar-refractivity contribution in [1.29, 1.82) is 0 Å². The standard InChI is InChI=1S/C15H18ClFO4/c1-2-20-15(19)13(18)7-8-14(12(16)9-10-17)21-11-5-3-4-6-11/h7-11H,2-6H2,1H3/b8-7+,10-9+,14-12-. The number of rotatable bonds is 7. The van der Waals surface area contributed by atoms with Crippen LogP contribution in [0.25, 0.3) is 0 Å². The van der Waals surface area contributed by atoms with E-state index in [4.69, 9.17) is 16.3 Å². The first-order chi connectivity index (χ1) is 10.1. The summed E-state index contributed by atoms with van der Waals surface area (Å²) in [7, 11) is 0. The minimum atomic E-state index is -0.953. The van der Waals surface area contributed by atoms with E-state index in [1.165, 1.54) is 6.08 Å². The molecule has 0 unspecified atom stereocenters. The number of halogens is 2. The monoisotopic (exact) mass is 316 g/mol. The van der Waals surface area contributed by atoms with Gasteiger partial charge < -0.3 is 9.47 Å². The molecule has 0 saturated heterocycles. The molecule has 6 heteroatoms. The third-order valence-electron chi connectivity index (χ3n) is 2.90. The Kier molecular flexibility index (Phi) is 7.75. The van der Waals surface area contributed by atoms with E-state index in [-0.39, 0.29) is 29.8 Å². The van der Waals surface area contributed by atoms with E-state index in [0.29, 0.717) is 0 Å². The largest absolute Gasteiger partial charge is 0.489 e. The molecule has 0 N–H and O–H groups in total. The lowest BCUT2D eigenvalue weighted by Gasteiger charge is -2.14. The summed E-state index contributed by atoms with van der Waals surface area (Å²) in [6, 6.07) is 0. The molecule has 4 nitrogen and oxygen atoms in total. The molecule has 1 aliphatic carbocycles. The van der Waals surface area contributed by atoms with Gasteiger partial charge in [-0.15, -0.1) is 0 Å². The molecule has 0 spiro atoms. The zero-order chi connectivity index (χ0) is 15.7. The van der Waals surface area contributed by atoms with Gasteiger partial charge in [0.05, 0.1) is 24.1 Å². The second-order valence-electron chi connectivity index (χ2n) is 4.45. The van der Waals surface area contributed by atoms with Crippen LogP contribution >= 0.6 is 11.6 Å². The molecular formula is C15H18ClFO4. The molecule has 21 heavy (non-hydrogen) atoms. The van der Waals surface area contributed by atoms with Crippen LogP contribution in [0.2, 0.25) is 0 Å². The van der Waals surface area contributed by atoms with Crippen molar-refractivity contribution in [3.63, 3.8) is 0 Å². The first kappa shape index (κ1) is 17.4. The Balaban J connectivity index is 2.79. The number of ketones is 1. The van der Waals surface area contributed by atoms with Crippen molar-refractivity contribution in [2.75, 3.05) is 6.61 Å². The molecule has 0 aromatic rings. The van der Waals surface area contributed by atoms with Crippen molar-refractivity contribution in [2.24, 2.45) is 0 Å². The quantitative estimate of drug-likeness (QED) is 0.237. The van der Waals surface area contributed by atoms with Crippen molar-refractivity contribution in [1.82, 2.24) is 0 Å². The van der Waals surface area contributed by atoms with Gasteiger partial charge in [-0.25, -0.2) is 9.18 Å². The van der Waals surface area contributed by atoms with E-state index in [9.17, 15) is 14.0 Å². The zero-order valence-corrected chi connectivity index (χ0v) is 12.6. The SMILES string of the molecule is CCOC(=O)C(=O)/C=C/C(OC1CCCC1)=C(Cl)\C=C\F. The van der Waals surface area contributed by atoms with Gasteiger partial charge in [-0.3, -0.25) is 4.79 Å². The molecule has 0 amide bonds. The molecule has 0 radical (unpaired) electrons. The average Bonchev–Trinajstić information content (AvgIpc) is 2.96. The summed E-state index contributed by atoms with van der Waals surface area (Å²) in [6.07, 6.45) is 7.44. The fourth-order valence-corrected chi connectivity index (χ4v) is 2.08. The van der Waals surface area contributed by atoms with Gasteiger partial charge in [-0.05, 0) is 50.8 Å². The summed E-state index contributed by atoms with van der Waals surface area (Å²) in [4.78, 5) is 22.7. The first-order valence-electron chi connectivity index (χ1n) is 6.80. The molecule has 0 aliphatic heterocycles. The Morgan fingerprint density at radius 1 is 1.24 bits per heavy atom.